The molecule has 112 valence electrons. The standard InChI is InChI=1S/C16H21N3O2/c1-16(2,20)12-19(3)11-13-4-6-14(7-5-13)21-15-10-17-8-9-18-15/h4-10,20H,11-12H2,1-3H3. The quantitative estimate of drug-likeness (QED) is 0.884. The highest BCUT2D eigenvalue weighted by Gasteiger charge is 2.15. The SMILES string of the molecule is CN(Cc1ccc(Oc2cnccn2)cc1)CC(C)(C)O. The van der Waals surface area contributed by atoms with Crippen LogP contribution >= 0.6 is 0 Å². The van der Waals surface area contributed by atoms with Crippen molar-refractivity contribution in [1.29, 1.82) is 0 Å². The second-order valence-corrected chi connectivity index (χ2v) is 5.77. The van der Waals surface area contributed by atoms with Crippen molar-refractivity contribution in [3.8, 4) is 11.6 Å². The van der Waals surface area contributed by atoms with E-state index in [4.69, 9.17) is 4.74 Å². The molecule has 2 rings (SSSR count). The second-order valence-electron chi connectivity index (χ2n) is 5.77. The fourth-order valence-corrected chi connectivity index (χ4v) is 2.15. The van der Waals surface area contributed by atoms with Crippen LogP contribution in [0.2, 0.25) is 0 Å². The largest absolute Gasteiger partial charge is 0.438 e. The molecule has 0 aliphatic rings. The van der Waals surface area contributed by atoms with Crippen LogP contribution < -0.4 is 4.74 Å². The highest BCUT2D eigenvalue weighted by atomic mass is 16.5. The zero-order valence-electron chi connectivity index (χ0n) is 12.7. The van der Waals surface area contributed by atoms with E-state index in [0.29, 0.717) is 12.4 Å². The second kappa shape index (κ2) is 6.65. The molecule has 0 saturated carbocycles. The van der Waals surface area contributed by atoms with Gasteiger partial charge in [-0.25, -0.2) is 4.98 Å². The Labute approximate surface area is 125 Å². The molecule has 0 atom stereocenters. The molecule has 1 aromatic heterocycles. The maximum atomic E-state index is 9.80. The molecule has 1 N–H and O–H groups in total. The maximum Gasteiger partial charge on any atom is 0.237 e. The van der Waals surface area contributed by atoms with Gasteiger partial charge in [-0.3, -0.25) is 9.88 Å². The predicted molar refractivity (Wildman–Crippen MR) is 81.2 cm³/mol. The van der Waals surface area contributed by atoms with Crippen LogP contribution in [-0.4, -0.2) is 39.2 Å². The van der Waals surface area contributed by atoms with E-state index in [0.717, 1.165) is 17.9 Å². The lowest BCUT2D eigenvalue weighted by Crippen LogP contribution is -2.35. The van der Waals surface area contributed by atoms with Gasteiger partial charge in [-0.05, 0) is 38.6 Å². The van der Waals surface area contributed by atoms with E-state index >= 15 is 0 Å². The van der Waals surface area contributed by atoms with Crippen molar-refractivity contribution in [2.45, 2.75) is 26.0 Å². The fraction of sp³-hybridized carbons (Fsp3) is 0.375. The van der Waals surface area contributed by atoms with Crippen LogP contribution in [0.15, 0.2) is 42.9 Å². The van der Waals surface area contributed by atoms with Crippen molar-refractivity contribution in [2.24, 2.45) is 0 Å². The smallest absolute Gasteiger partial charge is 0.237 e. The van der Waals surface area contributed by atoms with Crippen molar-refractivity contribution in [3.05, 3.63) is 48.4 Å². The van der Waals surface area contributed by atoms with Crippen molar-refractivity contribution < 1.29 is 9.84 Å². The minimum absolute atomic E-state index is 0.476. The summed E-state index contributed by atoms with van der Waals surface area (Å²) in [7, 11) is 1.99. The minimum Gasteiger partial charge on any atom is -0.438 e. The topological polar surface area (TPSA) is 58.5 Å². The third kappa shape index (κ3) is 5.49. The Morgan fingerprint density at radius 3 is 2.48 bits per heavy atom. The zero-order chi connectivity index (χ0) is 15.3. The first-order valence-corrected chi connectivity index (χ1v) is 6.86. The molecule has 1 aromatic carbocycles. The van der Waals surface area contributed by atoms with Crippen molar-refractivity contribution in [1.82, 2.24) is 14.9 Å². The number of rotatable bonds is 6. The summed E-state index contributed by atoms with van der Waals surface area (Å²) in [5, 5.41) is 9.80. The Hall–Kier alpha value is -1.98. The number of hydrogen-bond acceptors (Lipinski definition) is 5. The molecular weight excluding hydrogens is 266 g/mol. The van der Waals surface area contributed by atoms with Crippen LogP contribution in [0.5, 0.6) is 11.6 Å². The summed E-state index contributed by atoms with van der Waals surface area (Å²) in [5.74, 6) is 1.20. The monoisotopic (exact) mass is 287 g/mol. The van der Waals surface area contributed by atoms with E-state index < -0.39 is 5.60 Å². The molecular formula is C16H21N3O2. The number of nitrogens with zero attached hydrogens (tertiary/aromatic N) is 3. The normalized spacial score (nSPS) is 11.7. The molecule has 0 radical (unpaired) electrons. The lowest BCUT2D eigenvalue weighted by Gasteiger charge is -2.25. The highest BCUT2D eigenvalue weighted by molar-refractivity contribution is 5.29. The number of hydrogen-bond donors (Lipinski definition) is 1. The first-order valence-electron chi connectivity index (χ1n) is 6.86. The average molecular weight is 287 g/mol. The van der Waals surface area contributed by atoms with Gasteiger partial charge in [-0.15, -0.1) is 0 Å². The molecule has 21 heavy (non-hydrogen) atoms. The van der Waals surface area contributed by atoms with Crippen LogP contribution in [-0.2, 0) is 6.54 Å². The van der Waals surface area contributed by atoms with Crippen LogP contribution in [0, 0.1) is 0 Å². The number of benzene rings is 1. The molecule has 0 spiro atoms. The first-order chi connectivity index (χ1) is 9.92. The molecule has 0 amide bonds. The molecule has 0 saturated heterocycles. The maximum absolute atomic E-state index is 9.80. The summed E-state index contributed by atoms with van der Waals surface area (Å²) in [6.07, 6.45) is 4.77. The zero-order valence-corrected chi connectivity index (χ0v) is 12.7. The van der Waals surface area contributed by atoms with Crippen molar-refractivity contribution in [2.75, 3.05) is 13.6 Å². The van der Waals surface area contributed by atoms with Gasteiger partial charge in [0.15, 0.2) is 0 Å². The van der Waals surface area contributed by atoms with Gasteiger partial charge >= 0.3 is 0 Å². The van der Waals surface area contributed by atoms with Gasteiger partial charge in [0, 0.05) is 25.5 Å². The summed E-state index contributed by atoms with van der Waals surface area (Å²) < 4.78 is 5.59. The first kappa shape index (κ1) is 15.4. The van der Waals surface area contributed by atoms with Gasteiger partial charge in [0.2, 0.25) is 5.88 Å². The van der Waals surface area contributed by atoms with Gasteiger partial charge in [0.25, 0.3) is 0 Å². The molecule has 2 aromatic rings. The number of ether oxygens (including phenoxy) is 1. The summed E-state index contributed by atoms with van der Waals surface area (Å²) >= 11 is 0. The lowest BCUT2D eigenvalue weighted by molar-refractivity contribution is 0.0425. The number of aliphatic hydroxyl groups is 1. The van der Waals surface area contributed by atoms with Gasteiger partial charge in [0.1, 0.15) is 5.75 Å². The van der Waals surface area contributed by atoms with E-state index in [2.05, 4.69) is 14.9 Å². The Kier molecular flexibility index (Phi) is 4.88. The molecule has 0 bridgehead atoms. The molecule has 0 unspecified atom stereocenters. The highest BCUT2D eigenvalue weighted by Crippen LogP contribution is 2.19. The Bertz CT molecular complexity index is 550. The van der Waals surface area contributed by atoms with Gasteiger partial charge in [-0.2, -0.15) is 0 Å². The Morgan fingerprint density at radius 1 is 1.19 bits per heavy atom. The van der Waals surface area contributed by atoms with E-state index in [-0.39, 0.29) is 0 Å². The van der Waals surface area contributed by atoms with E-state index in [9.17, 15) is 5.11 Å². The van der Waals surface area contributed by atoms with Crippen LogP contribution in [0.1, 0.15) is 19.4 Å². The van der Waals surface area contributed by atoms with Crippen molar-refractivity contribution in [3.63, 3.8) is 0 Å². The van der Waals surface area contributed by atoms with Crippen LogP contribution in [0.25, 0.3) is 0 Å². The van der Waals surface area contributed by atoms with Gasteiger partial charge in [0.05, 0.1) is 11.8 Å². The number of likely N-dealkylation sites (N-methyl/N-ethyl adjacent to an activating group) is 1. The molecule has 1 heterocycles. The summed E-state index contributed by atoms with van der Waals surface area (Å²) in [6, 6.07) is 7.82. The molecule has 0 aliphatic carbocycles. The van der Waals surface area contributed by atoms with E-state index in [1.54, 1.807) is 32.4 Å². The van der Waals surface area contributed by atoms with Crippen LogP contribution in [0.3, 0.4) is 0 Å². The third-order valence-corrected chi connectivity index (χ3v) is 2.79. The summed E-state index contributed by atoms with van der Waals surface area (Å²) in [6.45, 7) is 5.00. The Balaban J connectivity index is 1.93. The molecule has 5 heteroatoms. The molecule has 0 fully saturated rings. The minimum atomic E-state index is -0.691. The third-order valence-electron chi connectivity index (χ3n) is 2.79. The van der Waals surface area contributed by atoms with Crippen molar-refractivity contribution >= 4 is 0 Å². The number of aromatic nitrogens is 2. The predicted octanol–water partition coefficient (Wildman–Crippen LogP) is 2.47. The van der Waals surface area contributed by atoms with Gasteiger partial charge in [-0.1, -0.05) is 12.1 Å². The molecule has 5 nitrogen and oxygen atoms in total. The van der Waals surface area contributed by atoms with E-state index in [1.165, 1.54) is 0 Å². The fourth-order valence-electron chi connectivity index (χ4n) is 2.15. The van der Waals surface area contributed by atoms with E-state index in [1.807, 2.05) is 31.3 Å². The van der Waals surface area contributed by atoms with Crippen LogP contribution in [0.4, 0.5) is 0 Å². The summed E-state index contributed by atoms with van der Waals surface area (Å²) in [5.41, 5.74) is 0.470. The van der Waals surface area contributed by atoms with Gasteiger partial charge < -0.3 is 9.84 Å². The summed E-state index contributed by atoms with van der Waals surface area (Å²) in [4.78, 5) is 10.1. The molecule has 0 aliphatic heterocycles. The average Bonchev–Trinajstić information content (AvgIpc) is 2.40. The Morgan fingerprint density at radius 2 is 1.90 bits per heavy atom. The lowest BCUT2D eigenvalue weighted by atomic mass is 10.1.